The Hall–Kier alpha value is -3.08. The molecule has 0 radical (unpaired) electrons. The maximum Gasteiger partial charge on any atom is 0.254 e. The van der Waals surface area contributed by atoms with Crippen LogP contribution in [0.1, 0.15) is 28.4 Å². The van der Waals surface area contributed by atoms with Gasteiger partial charge >= 0.3 is 0 Å². The molecule has 1 aliphatic rings. The van der Waals surface area contributed by atoms with Crippen molar-refractivity contribution in [1.82, 2.24) is 20.9 Å². The van der Waals surface area contributed by atoms with Crippen molar-refractivity contribution in [1.29, 1.82) is 0 Å². The number of benzene rings is 2. The Kier molecular flexibility index (Phi) is 11.4. The van der Waals surface area contributed by atoms with Gasteiger partial charge in [0.25, 0.3) is 5.91 Å². The summed E-state index contributed by atoms with van der Waals surface area (Å²) in [6.07, 6.45) is 1.72. The van der Waals surface area contributed by atoms with E-state index in [1.807, 2.05) is 43.3 Å². The maximum absolute atomic E-state index is 12.6. The van der Waals surface area contributed by atoms with Gasteiger partial charge in [0.2, 0.25) is 5.91 Å². The van der Waals surface area contributed by atoms with Crippen LogP contribution in [0.3, 0.4) is 0 Å². The first-order chi connectivity index (χ1) is 16.1. The molecule has 1 saturated heterocycles. The van der Waals surface area contributed by atoms with Crippen LogP contribution in [0.4, 0.5) is 0 Å². The van der Waals surface area contributed by atoms with Gasteiger partial charge in [-0.3, -0.25) is 9.59 Å². The molecule has 2 aromatic rings. The highest BCUT2D eigenvalue weighted by Gasteiger charge is 2.22. The predicted molar refractivity (Wildman–Crippen MR) is 145 cm³/mol. The van der Waals surface area contributed by atoms with E-state index >= 15 is 0 Å². The van der Waals surface area contributed by atoms with Gasteiger partial charge in [0.1, 0.15) is 12.4 Å². The fourth-order valence-corrected chi connectivity index (χ4v) is 3.38. The van der Waals surface area contributed by atoms with Crippen LogP contribution >= 0.6 is 24.0 Å². The fraction of sp³-hybridized carbons (Fsp3) is 0.320. The van der Waals surface area contributed by atoms with Gasteiger partial charge in [0.15, 0.2) is 5.96 Å². The van der Waals surface area contributed by atoms with Gasteiger partial charge in [-0.05, 0) is 30.7 Å². The van der Waals surface area contributed by atoms with Gasteiger partial charge in [-0.2, -0.15) is 0 Å². The lowest BCUT2D eigenvalue weighted by Crippen LogP contribution is -2.49. The zero-order chi connectivity index (χ0) is 23.5. The Morgan fingerprint density at radius 3 is 2.68 bits per heavy atom. The summed E-state index contributed by atoms with van der Waals surface area (Å²) in [5.74, 6) is 1.24. The molecule has 1 fully saturated rings. The Bertz CT molecular complexity index is 994. The summed E-state index contributed by atoms with van der Waals surface area (Å²) in [4.78, 5) is 30.4. The topological polar surface area (TPSA) is 95.1 Å². The van der Waals surface area contributed by atoms with E-state index in [0.717, 1.165) is 23.4 Å². The number of para-hydroxylation sites is 1. The smallest absolute Gasteiger partial charge is 0.254 e. The number of amides is 2. The van der Waals surface area contributed by atoms with Crippen molar-refractivity contribution in [3.63, 3.8) is 0 Å². The molecule has 3 rings (SSSR count). The molecule has 0 aliphatic carbocycles. The fourth-order valence-electron chi connectivity index (χ4n) is 3.38. The zero-order valence-electron chi connectivity index (χ0n) is 19.4. The normalized spacial score (nSPS) is 13.4. The number of hydrogen-bond acceptors (Lipinski definition) is 4. The van der Waals surface area contributed by atoms with Gasteiger partial charge in [-0.15, -0.1) is 24.0 Å². The van der Waals surface area contributed by atoms with Crippen LogP contribution < -0.4 is 20.7 Å². The number of ether oxygens (including phenoxy) is 1. The van der Waals surface area contributed by atoms with Gasteiger partial charge in [0.05, 0.1) is 13.1 Å². The second kappa shape index (κ2) is 14.2. The minimum absolute atomic E-state index is 0. The van der Waals surface area contributed by atoms with Crippen LogP contribution in [-0.4, -0.2) is 55.5 Å². The molecule has 0 spiro atoms. The molecule has 2 amide bonds. The first-order valence-electron chi connectivity index (χ1n) is 11.1. The molecule has 2 aromatic carbocycles. The summed E-state index contributed by atoms with van der Waals surface area (Å²) in [5.41, 5.74) is 2.58. The van der Waals surface area contributed by atoms with Crippen LogP contribution in [-0.2, 0) is 17.9 Å². The first kappa shape index (κ1) is 27.2. The molecule has 0 aromatic heterocycles. The molecule has 3 N–H and O–H groups in total. The van der Waals surface area contributed by atoms with E-state index in [1.54, 1.807) is 23.1 Å². The molecule has 1 aliphatic heterocycles. The lowest BCUT2D eigenvalue weighted by molar-refractivity contribution is -0.123. The lowest BCUT2D eigenvalue weighted by atomic mass is 10.1. The summed E-state index contributed by atoms with van der Waals surface area (Å²) in [6, 6.07) is 15.2. The predicted octanol–water partition coefficient (Wildman–Crippen LogP) is 2.70. The van der Waals surface area contributed by atoms with Crippen molar-refractivity contribution in [2.75, 3.05) is 32.8 Å². The SMILES string of the molecule is C=CCOc1ccccc1CNC(=NCc1ccc(C(=O)N2CCNC(=O)C2)cc1)NCC.I. The number of piperazine rings is 1. The van der Waals surface area contributed by atoms with Crippen LogP contribution in [0, 0.1) is 0 Å². The standard InChI is InChI=1S/C25H31N5O3.HI/c1-3-15-33-22-8-6-5-7-21(22)17-29-25(26-4-2)28-16-19-9-11-20(12-10-19)24(32)30-14-13-27-23(31)18-30;/h3,5-12H,1,4,13-18H2,2H3,(H,27,31)(H2,26,28,29);1H. The maximum atomic E-state index is 12.6. The Morgan fingerprint density at radius 2 is 1.97 bits per heavy atom. The molecule has 0 atom stereocenters. The van der Waals surface area contributed by atoms with Gasteiger partial charge in [-0.1, -0.05) is 43.0 Å². The second-order valence-corrected chi connectivity index (χ2v) is 7.53. The van der Waals surface area contributed by atoms with Gasteiger partial charge < -0.3 is 25.6 Å². The Labute approximate surface area is 217 Å². The summed E-state index contributed by atoms with van der Waals surface area (Å²) < 4.78 is 5.72. The van der Waals surface area contributed by atoms with Crippen molar-refractivity contribution >= 4 is 41.8 Å². The molecule has 34 heavy (non-hydrogen) atoms. The first-order valence-corrected chi connectivity index (χ1v) is 11.1. The second-order valence-electron chi connectivity index (χ2n) is 7.53. The van der Waals surface area contributed by atoms with Crippen molar-refractivity contribution in [2.24, 2.45) is 4.99 Å². The number of guanidine groups is 1. The van der Waals surface area contributed by atoms with Crippen molar-refractivity contribution in [2.45, 2.75) is 20.0 Å². The highest BCUT2D eigenvalue weighted by atomic mass is 127. The molecule has 0 unspecified atom stereocenters. The van der Waals surface area contributed by atoms with E-state index < -0.39 is 0 Å². The molecule has 0 saturated carbocycles. The van der Waals surface area contributed by atoms with Crippen LogP contribution in [0.25, 0.3) is 0 Å². The number of carbonyl (C=O) groups excluding carboxylic acids is 2. The molecule has 1 heterocycles. The van der Waals surface area contributed by atoms with Crippen LogP contribution in [0.5, 0.6) is 5.75 Å². The van der Waals surface area contributed by atoms with Crippen molar-refractivity contribution in [3.8, 4) is 5.75 Å². The Balaban J connectivity index is 0.00000408. The number of hydrogen-bond donors (Lipinski definition) is 3. The highest BCUT2D eigenvalue weighted by molar-refractivity contribution is 14.0. The minimum atomic E-state index is -0.132. The van der Waals surface area contributed by atoms with Crippen LogP contribution in [0.15, 0.2) is 66.2 Å². The molecular weight excluding hydrogens is 545 g/mol. The highest BCUT2D eigenvalue weighted by Crippen LogP contribution is 2.17. The molecule has 0 bridgehead atoms. The summed E-state index contributed by atoms with van der Waals surface area (Å²) in [5, 5.41) is 9.31. The third kappa shape index (κ3) is 8.05. The number of nitrogens with zero attached hydrogens (tertiary/aromatic N) is 2. The number of rotatable bonds is 9. The average molecular weight is 577 g/mol. The van der Waals surface area contributed by atoms with E-state index in [9.17, 15) is 9.59 Å². The molecule has 9 heteroatoms. The third-order valence-electron chi connectivity index (χ3n) is 5.07. The molecule has 182 valence electrons. The van der Waals surface area contributed by atoms with E-state index in [2.05, 4.69) is 27.5 Å². The monoisotopic (exact) mass is 577 g/mol. The largest absolute Gasteiger partial charge is 0.489 e. The van der Waals surface area contributed by atoms with E-state index in [4.69, 9.17) is 4.74 Å². The quantitative estimate of drug-likeness (QED) is 0.185. The van der Waals surface area contributed by atoms with E-state index in [-0.39, 0.29) is 42.3 Å². The van der Waals surface area contributed by atoms with Crippen molar-refractivity contribution in [3.05, 3.63) is 77.9 Å². The Morgan fingerprint density at radius 1 is 1.21 bits per heavy atom. The number of carbonyl (C=O) groups is 2. The van der Waals surface area contributed by atoms with E-state index in [1.165, 1.54) is 0 Å². The molecule has 8 nitrogen and oxygen atoms in total. The average Bonchev–Trinajstić information content (AvgIpc) is 2.85. The summed E-state index contributed by atoms with van der Waals surface area (Å²) >= 11 is 0. The number of aliphatic imine (C=N–C) groups is 1. The van der Waals surface area contributed by atoms with Gasteiger partial charge in [0, 0.05) is 37.3 Å². The lowest BCUT2D eigenvalue weighted by Gasteiger charge is -2.26. The molecular formula is C25H32IN5O3. The van der Waals surface area contributed by atoms with Crippen molar-refractivity contribution < 1.29 is 14.3 Å². The van der Waals surface area contributed by atoms with E-state index in [0.29, 0.717) is 44.3 Å². The van der Waals surface area contributed by atoms with Gasteiger partial charge in [-0.25, -0.2) is 4.99 Å². The third-order valence-corrected chi connectivity index (χ3v) is 5.07. The zero-order valence-corrected chi connectivity index (χ0v) is 21.7. The summed E-state index contributed by atoms with van der Waals surface area (Å²) in [7, 11) is 0. The number of nitrogens with one attached hydrogen (secondary N) is 3. The number of halogens is 1. The summed E-state index contributed by atoms with van der Waals surface area (Å²) in [6.45, 7) is 9.03. The minimum Gasteiger partial charge on any atom is -0.489 e. The van der Waals surface area contributed by atoms with Crippen LogP contribution in [0.2, 0.25) is 0 Å².